The predicted molar refractivity (Wildman–Crippen MR) is 99.6 cm³/mol. The minimum absolute atomic E-state index is 0.169. The Bertz CT molecular complexity index is 605. The molecule has 0 heterocycles. The maximum atomic E-state index is 12.6. The highest BCUT2D eigenvalue weighted by Gasteiger charge is 2.43. The van der Waals surface area contributed by atoms with Crippen molar-refractivity contribution in [2.45, 2.75) is 44.2 Å². The normalized spacial score (nSPS) is 29.1. The van der Waals surface area contributed by atoms with Crippen LogP contribution in [0.2, 0.25) is 10.0 Å². The standard InChI is InChI=1S/C19H26Cl2N2O/c1-22(2)15-8-13-10-16(11-14(13)9-15)23(3)19(24)7-12-4-5-17(20)18(21)6-12/h4-6,13-16H,7-11H2,1-3H3/t13-,14+,15?,16?. The second-order valence-corrected chi connectivity index (χ2v) is 8.48. The summed E-state index contributed by atoms with van der Waals surface area (Å²) >= 11 is 12.0. The summed E-state index contributed by atoms with van der Waals surface area (Å²) in [6.07, 6.45) is 5.25. The van der Waals surface area contributed by atoms with Gasteiger partial charge in [0.25, 0.3) is 0 Å². The van der Waals surface area contributed by atoms with E-state index in [1.807, 2.05) is 18.0 Å². The molecule has 0 N–H and O–H groups in total. The summed E-state index contributed by atoms with van der Waals surface area (Å²) in [4.78, 5) is 16.9. The number of nitrogens with zero attached hydrogens (tertiary/aromatic N) is 2. The van der Waals surface area contributed by atoms with Crippen LogP contribution in [0.4, 0.5) is 0 Å². The molecular weight excluding hydrogens is 343 g/mol. The molecule has 2 fully saturated rings. The van der Waals surface area contributed by atoms with Gasteiger partial charge in [0, 0.05) is 19.1 Å². The van der Waals surface area contributed by atoms with Crippen LogP contribution in [0.25, 0.3) is 0 Å². The first kappa shape index (κ1) is 18.0. The third kappa shape index (κ3) is 3.74. The summed E-state index contributed by atoms with van der Waals surface area (Å²) in [6.45, 7) is 0. The van der Waals surface area contributed by atoms with Crippen LogP contribution in [-0.4, -0.2) is 48.9 Å². The lowest BCUT2D eigenvalue weighted by Crippen LogP contribution is -2.37. The molecule has 0 spiro atoms. The summed E-state index contributed by atoms with van der Waals surface area (Å²) in [5.74, 6) is 1.73. The van der Waals surface area contributed by atoms with Gasteiger partial charge in [0.15, 0.2) is 0 Å². The van der Waals surface area contributed by atoms with Gasteiger partial charge < -0.3 is 9.80 Å². The molecule has 132 valence electrons. The van der Waals surface area contributed by atoms with Crippen molar-refractivity contribution < 1.29 is 4.79 Å². The molecule has 1 aromatic carbocycles. The van der Waals surface area contributed by atoms with E-state index in [9.17, 15) is 4.79 Å². The van der Waals surface area contributed by atoms with Gasteiger partial charge in [-0.2, -0.15) is 0 Å². The minimum Gasteiger partial charge on any atom is -0.342 e. The van der Waals surface area contributed by atoms with E-state index in [4.69, 9.17) is 23.2 Å². The second-order valence-electron chi connectivity index (χ2n) is 7.66. The molecule has 0 saturated heterocycles. The highest BCUT2D eigenvalue weighted by atomic mass is 35.5. The molecule has 2 saturated carbocycles. The van der Waals surface area contributed by atoms with Gasteiger partial charge in [-0.25, -0.2) is 0 Å². The quantitative estimate of drug-likeness (QED) is 0.797. The monoisotopic (exact) mass is 368 g/mol. The minimum atomic E-state index is 0.169. The number of hydrogen-bond acceptors (Lipinski definition) is 2. The number of fused-ring (bicyclic) bond motifs is 1. The smallest absolute Gasteiger partial charge is 0.226 e. The Hall–Kier alpha value is -0.770. The van der Waals surface area contributed by atoms with E-state index in [-0.39, 0.29) is 5.91 Å². The number of benzene rings is 1. The molecule has 2 aliphatic carbocycles. The number of amides is 1. The highest BCUT2D eigenvalue weighted by molar-refractivity contribution is 6.42. The van der Waals surface area contributed by atoms with Crippen LogP contribution < -0.4 is 0 Å². The van der Waals surface area contributed by atoms with Crippen molar-refractivity contribution in [3.8, 4) is 0 Å². The van der Waals surface area contributed by atoms with Crippen molar-refractivity contribution in [3.63, 3.8) is 0 Å². The van der Waals surface area contributed by atoms with E-state index in [0.29, 0.717) is 22.5 Å². The molecule has 4 atom stereocenters. The zero-order valence-corrected chi connectivity index (χ0v) is 16.1. The Morgan fingerprint density at radius 3 is 2.12 bits per heavy atom. The Morgan fingerprint density at radius 1 is 1.00 bits per heavy atom. The molecule has 0 aromatic heterocycles. The molecule has 3 nitrogen and oxygen atoms in total. The third-order valence-corrected chi connectivity index (χ3v) is 6.72. The van der Waals surface area contributed by atoms with Crippen molar-refractivity contribution >= 4 is 29.1 Å². The fourth-order valence-electron chi connectivity index (χ4n) is 4.44. The third-order valence-electron chi connectivity index (χ3n) is 5.98. The zero-order chi connectivity index (χ0) is 17.4. The van der Waals surface area contributed by atoms with Gasteiger partial charge in [0.1, 0.15) is 0 Å². The first-order valence-corrected chi connectivity index (χ1v) is 9.46. The van der Waals surface area contributed by atoms with Gasteiger partial charge in [0.05, 0.1) is 16.5 Å². The van der Waals surface area contributed by atoms with E-state index in [0.717, 1.165) is 36.3 Å². The van der Waals surface area contributed by atoms with E-state index < -0.39 is 0 Å². The molecule has 0 radical (unpaired) electrons. The van der Waals surface area contributed by atoms with Crippen LogP contribution in [0.3, 0.4) is 0 Å². The van der Waals surface area contributed by atoms with Gasteiger partial charge in [-0.1, -0.05) is 29.3 Å². The van der Waals surface area contributed by atoms with E-state index in [1.165, 1.54) is 12.8 Å². The average molecular weight is 369 g/mol. The van der Waals surface area contributed by atoms with E-state index in [2.05, 4.69) is 19.0 Å². The summed E-state index contributed by atoms with van der Waals surface area (Å²) in [5, 5.41) is 1.04. The Kier molecular flexibility index (Phi) is 5.43. The molecule has 1 amide bonds. The summed E-state index contributed by atoms with van der Waals surface area (Å²) in [7, 11) is 6.31. The van der Waals surface area contributed by atoms with Crippen molar-refractivity contribution in [3.05, 3.63) is 33.8 Å². The lowest BCUT2D eigenvalue weighted by atomic mass is 10.0. The van der Waals surface area contributed by atoms with Crippen molar-refractivity contribution in [2.24, 2.45) is 11.8 Å². The van der Waals surface area contributed by atoms with Gasteiger partial charge in [-0.3, -0.25) is 4.79 Å². The Labute approximate surface area is 154 Å². The number of likely N-dealkylation sites (N-methyl/N-ethyl adjacent to an activating group) is 1. The number of hydrogen-bond donors (Lipinski definition) is 0. The first-order valence-electron chi connectivity index (χ1n) is 8.71. The molecule has 0 bridgehead atoms. The van der Waals surface area contributed by atoms with Crippen LogP contribution in [0.15, 0.2) is 18.2 Å². The molecule has 1 aromatic rings. The van der Waals surface area contributed by atoms with Crippen LogP contribution in [-0.2, 0) is 11.2 Å². The summed E-state index contributed by atoms with van der Waals surface area (Å²) < 4.78 is 0. The molecule has 3 rings (SSSR count). The van der Waals surface area contributed by atoms with E-state index in [1.54, 1.807) is 12.1 Å². The van der Waals surface area contributed by atoms with Crippen LogP contribution in [0.5, 0.6) is 0 Å². The lowest BCUT2D eigenvalue weighted by molar-refractivity contribution is -0.131. The fourth-order valence-corrected chi connectivity index (χ4v) is 4.76. The molecule has 2 unspecified atom stereocenters. The van der Waals surface area contributed by atoms with Gasteiger partial charge in [-0.05, 0) is 69.3 Å². The van der Waals surface area contributed by atoms with Crippen molar-refractivity contribution in [2.75, 3.05) is 21.1 Å². The van der Waals surface area contributed by atoms with Crippen molar-refractivity contribution in [1.29, 1.82) is 0 Å². The molecule has 5 heteroatoms. The number of halogens is 2. The largest absolute Gasteiger partial charge is 0.342 e. The molecular formula is C19H26Cl2N2O. The van der Waals surface area contributed by atoms with Crippen LogP contribution in [0, 0.1) is 11.8 Å². The number of carbonyl (C=O) groups excluding carboxylic acids is 1. The summed E-state index contributed by atoms with van der Waals surface area (Å²) in [5.41, 5.74) is 0.923. The highest BCUT2D eigenvalue weighted by Crippen LogP contribution is 2.46. The molecule has 2 aliphatic rings. The topological polar surface area (TPSA) is 23.6 Å². The van der Waals surface area contributed by atoms with E-state index >= 15 is 0 Å². The first-order chi connectivity index (χ1) is 11.3. The van der Waals surface area contributed by atoms with Gasteiger partial charge in [0.2, 0.25) is 5.91 Å². The van der Waals surface area contributed by atoms with Gasteiger partial charge >= 0.3 is 0 Å². The number of carbonyl (C=O) groups is 1. The second kappa shape index (κ2) is 7.23. The maximum absolute atomic E-state index is 12.6. The fraction of sp³-hybridized carbons (Fsp3) is 0.632. The molecule has 24 heavy (non-hydrogen) atoms. The van der Waals surface area contributed by atoms with Gasteiger partial charge in [-0.15, -0.1) is 0 Å². The summed E-state index contributed by atoms with van der Waals surface area (Å²) in [6, 6.07) is 6.54. The lowest BCUT2D eigenvalue weighted by Gasteiger charge is -2.27. The SMILES string of the molecule is CN(C)C1C[C@@H]2CC(N(C)C(=O)Cc3ccc(Cl)c(Cl)c3)C[C@@H]2C1. The Morgan fingerprint density at radius 2 is 1.58 bits per heavy atom. The molecule has 0 aliphatic heterocycles. The predicted octanol–water partition coefficient (Wildman–Crippen LogP) is 4.11. The Balaban J connectivity index is 1.56. The maximum Gasteiger partial charge on any atom is 0.226 e. The number of rotatable bonds is 4. The average Bonchev–Trinajstić information content (AvgIpc) is 3.08. The zero-order valence-electron chi connectivity index (χ0n) is 14.6. The van der Waals surface area contributed by atoms with Crippen LogP contribution >= 0.6 is 23.2 Å². The van der Waals surface area contributed by atoms with Crippen LogP contribution in [0.1, 0.15) is 31.2 Å². The van der Waals surface area contributed by atoms with Crippen molar-refractivity contribution in [1.82, 2.24) is 9.80 Å².